The van der Waals surface area contributed by atoms with Gasteiger partial charge in [0.2, 0.25) is 0 Å². The van der Waals surface area contributed by atoms with Gasteiger partial charge < -0.3 is 4.90 Å². The van der Waals surface area contributed by atoms with Crippen molar-refractivity contribution >= 4 is 17.1 Å². The number of rotatable bonds is 5. The summed E-state index contributed by atoms with van der Waals surface area (Å²) in [4.78, 5) is 2.51. The zero-order chi connectivity index (χ0) is 39.3. The lowest BCUT2D eigenvalue weighted by molar-refractivity contribution is 0.660. The highest BCUT2D eigenvalue weighted by atomic mass is 15.1. The number of hydrogen-bond acceptors (Lipinski definition) is 1. The Morgan fingerprint density at radius 3 is 1.22 bits per heavy atom. The molecule has 12 rings (SSSR count). The Morgan fingerprint density at radius 1 is 0.271 bits per heavy atom. The average Bonchev–Trinajstić information content (AvgIpc) is 3.85. The van der Waals surface area contributed by atoms with Crippen LogP contribution in [0.25, 0.3) is 55.6 Å². The summed E-state index contributed by atoms with van der Waals surface area (Å²) in [5.41, 5.74) is 23.6. The second kappa shape index (κ2) is 12.6. The molecule has 0 bridgehead atoms. The van der Waals surface area contributed by atoms with Gasteiger partial charge in [0, 0.05) is 22.5 Å². The minimum Gasteiger partial charge on any atom is -0.310 e. The molecule has 0 unspecified atom stereocenters. The molecule has 3 aliphatic rings. The molecule has 0 N–H and O–H groups in total. The van der Waals surface area contributed by atoms with Crippen molar-refractivity contribution in [1.82, 2.24) is 0 Å². The summed E-state index contributed by atoms with van der Waals surface area (Å²) in [7, 11) is 0. The minimum atomic E-state index is -0.442. The Bertz CT molecular complexity index is 3010. The van der Waals surface area contributed by atoms with Crippen LogP contribution in [-0.4, -0.2) is 0 Å². The lowest BCUT2D eigenvalue weighted by Crippen LogP contribution is -2.26. The van der Waals surface area contributed by atoms with Gasteiger partial charge in [-0.2, -0.15) is 0 Å². The molecule has 0 amide bonds. The normalized spacial score (nSPS) is 14.2. The van der Waals surface area contributed by atoms with Crippen LogP contribution in [0.1, 0.15) is 47.2 Å². The molecule has 9 aromatic carbocycles. The highest BCUT2D eigenvalue weighted by Gasteiger charge is 2.51. The van der Waals surface area contributed by atoms with E-state index in [-0.39, 0.29) is 5.41 Å². The summed E-state index contributed by atoms with van der Waals surface area (Å²) in [6.07, 6.45) is 0. The van der Waals surface area contributed by atoms with Crippen molar-refractivity contribution in [2.24, 2.45) is 0 Å². The molecule has 3 aliphatic carbocycles. The lowest BCUT2D eigenvalue weighted by Gasteiger charge is -2.32. The zero-order valence-corrected chi connectivity index (χ0v) is 33.2. The first kappa shape index (κ1) is 33.9. The quantitative estimate of drug-likeness (QED) is 0.169. The summed E-state index contributed by atoms with van der Waals surface area (Å²) in [5, 5.41) is 0. The Labute approximate surface area is 346 Å². The van der Waals surface area contributed by atoms with Gasteiger partial charge >= 0.3 is 0 Å². The second-order valence-electron chi connectivity index (χ2n) is 16.9. The number of anilines is 3. The largest absolute Gasteiger partial charge is 0.310 e. The molecule has 0 aliphatic heterocycles. The highest BCUT2D eigenvalue weighted by Crippen LogP contribution is 2.63. The van der Waals surface area contributed by atoms with Gasteiger partial charge in [-0.15, -0.1) is 0 Å². The third kappa shape index (κ3) is 4.79. The van der Waals surface area contributed by atoms with Crippen LogP contribution in [-0.2, 0) is 10.8 Å². The van der Waals surface area contributed by atoms with Crippen LogP contribution in [0.2, 0.25) is 0 Å². The Balaban J connectivity index is 1.15. The first-order chi connectivity index (χ1) is 29.0. The lowest BCUT2D eigenvalue weighted by atomic mass is 9.70. The molecule has 1 spiro atoms. The number of hydrogen-bond donors (Lipinski definition) is 0. The second-order valence-corrected chi connectivity index (χ2v) is 16.9. The maximum atomic E-state index is 2.51. The Hall–Kier alpha value is -7.22. The van der Waals surface area contributed by atoms with Crippen molar-refractivity contribution in [3.63, 3.8) is 0 Å². The number of benzene rings is 9. The van der Waals surface area contributed by atoms with E-state index in [2.05, 4.69) is 231 Å². The zero-order valence-electron chi connectivity index (χ0n) is 33.2. The predicted octanol–water partition coefficient (Wildman–Crippen LogP) is 15.1. The fourth-order valence-electron chi connectivity index (χ4n) is 10.9. The van der Waals surface area contributed by atoms with Gasteiger partial charge in [-0.25, -0.2) is 0 Å². The molecule has 59 heavy (non-hydrogen) atoms. The van der Waals surface area contributed by atoms with Crippen molar-refractivity contribution < 1.29 is 0 Å². The van der Waals surface area contributed by atoms with E-state index in [9.17, 15) is 0 Å². The molecule has 0 aromatic heterocycles. The fourth-order valence-corrected chi connectivity index (χ4v) is 10.9. The van der Waals surface area contributed by atoms with Gasteiger partial charge in [0.1, 0.15) is 0 Å². The van der Waals surface area contributed by atoms with Gasteiger partial charge in [-0.1, -0.05) is 184 Å². The highest BCUT2D eigenvalue weighted by molar-refractivity contribution is 5.97. The van der Waals surface area contributed by atoms with Crippen LogP contribution in [0.3, 0.4) is 0 Å². The van der Waals surface area contributed by atoms with Crippen LogP contribution in [0.5, 0.6) is 0 Å². The van der Waals surface area contributed by atoms with Gasteiger partial charge in [0.05, 0.1) is 5.41 Å². The average molecular weight is 752 g/mol. The predicted molar refractivity (Wildman–Crippen MR) is 246 cm³/mol. The van der Waals surface area contributed by atoms with Crippen molar-refractivity contribution in [3.05, 3.63) is 246 Å². The standard InChI is InChI=1S/C58H41N/c1-57(2)51-25-13-9-24-48(51)50-36-42(30-32-52(50)57)59(44-34-40(38-17-5-3-6-18-38)33-41(35-44)39-19-7-4-8-20-39)43-29-31-49-47-23-12-16-28-55(47)58(56(49)37-43)53-26-14-10-21-45(53)46-22-11-15-27-54(46)58/h3-37H,1-2H3. The topological polar surface area (TPSA) is 3.24 Å². The van der Waals surface area contributed by atoms with Gasteiger partial charge in [-0.3, -0.25) is 0 Å². The Kier molecular flexibility index (Phi) is 7.26. The van der Waals surface area contributed by atoms with Crippen molar-refractivity contribution in [1.29, 1.82) is 0 Å². The monoisotopic (exact) mass is 751 g/mol. The first-order valence-electron chi connectivity index (χ1n) is 20.8. The summed E-state index contributed by atoms with van der Waals surface area (Å²) >= 11 is 0. The number of fused-ring (bicyclic) bond motifs is 13. The molecule has 1 nitrogen and oxygen atoms in total. The molecule has 0 radical (unpaired) electrons. The smallest absolute Gasteiger partial charge is 0.0726 e. The third-order valence-corrected chi connectivity index (χ3v) is 13.5. The van der Waals surface area contributed by atoms with E-state index in [1.54, 1.807) is 0 Å². The first-order valence-corrected chi connectivity index (χ1v) is 20.8. The SMILES string of the molecule is CC1(C)c2ccccc2-c2cc(N(c3cc(-c4ccccc4)cc(-c4ccccc4)c3)c3ccc4c(c3)C3(c5ccccc5-c5ccccc53)c3ccccc3-4)ccc21. The Morgan fingerprint density at radius 2 is 0.678 bits per heavy atom. The number of nitrogens with zero attached hydrogens (tertiary/aromatic N) is 1. The summed E-state index contributed by atoms with van der Waals surface area (Å²) in [6.45, 7) is 4.72. The summed E-state index contributed by atoms with van der Waals surface area (Å²) < 4.78 is 0. The molecule has 9 aromatic rings. The van der Waals surface area contributed by atoms with Crippen LogP contribution in [0.15, 0.2) is 212 Å². The van der Waals surface area contributed by atoms with Crippen molar-refractivity contribution in [2.45, 2.75) is 24.7 Å². The maximum Gasteiger partial charge on any atom is 0.0726 e. The van der Waals surface area contributed by atoms with Gasteiger partial charge in [-0.05, 0) is 131 Å². The van der Waals surface area contributed by atoms with E-state index in [0.29, 0.717) is 0 Å². The van der Waals surface area contributed by atoms with Crippen LogP contribution < -0.4 is 4.90 Å². The van der Waals surface area contributed by atoms with Gasteiger partial charge in [0.15, 0.2) is 0 Å². The molecule has 0 saturated heterocycles. The van der Waals surface area contributed by atoms with E-state index in [4.69, 9.17) is 0 Å². The van der Waals surface area contributed by atoms with Crippen LogP contribution in [0, 0.1) is 0 Å². The van der Waals surface area contributed by atoms with E-state index in [1.165, 1.54) is 89.0 Å². The summed E-state index contributed by atoms with van der Waals surface area (Å²) in [5.74, 6) is 0. The molecule has 0 heterocycles. The van der Waals surface area contributed by atoms with Crippen molar-refractivity contribution in [3.8, 4) is 55.6 Å². The molecule has 0 fully saturated rings. The molecule has 0 saturated carbocycles. The van der Waals surface area contributed by atoms with E-state index < -0.39 is 5.41 Å². The maximum absolute atomic E-state index is 2.51. The van der Waals surface area contributed by atoms with E-state index in [0.717, 1.165) is 17.1 Å². The van der Waals surface area contributed by atoms with Gasteiger partial charge in [0.25, 0.3) is 0 Å². The minimum absolute atomic E-state index is 0.0853. The van der Waals surface area contributed by atoms with Crippen LogP contribution in [0.4, 0.5) is 17.1 Å². The molecule has 278 valence electrons. The summed E-state index contributed by atoms with van der Waals surface area (Å²) in [6, 6.07) is 79.3. The molecule has 1 heteroatoms. The third-order valence-electron chi connectivity index (χ3n) is 13.5. The fraction of sp³-hybridized carbons (Fsp3) is 0.0690. The van der Waals surface area contributed by atoms with E-state index in [1.807, 2.05) is 0 Å². The van der Waals surface area contributed by atoms with Crippen molar-refractivity contribution in [2.75, 3.05) is 4.90 Å². The molecule has 0 atom stereocenters. The molecular formula is C58H41N. The molecular weight excluding hydrogens is 711 g/mol. The van der Waals surface area contributed by atoms with Crippen LogP contribution >= 0.6 is 0 Å². The van der Waals surface area contributed by atoms with E-state index >= 15 is 0 Å².